The number of aromatic nitrogens is 1. The molecule has 138 valence electrons. The summed E-state index contributed by atoms with van der Waals surface area (Å²) in [4.78, 5) is 20.1. The van der Waals surface area contributed by atoms with E-state index in [0.29, 0.717) is 5.56 Å². The van der Waals surface area contributed by atoms with Crippen LogP contribution in [0.5, 0.6) is 0 Å². The molecule has 27 heavy (non-hydrogen) atoms. The van der Waals surface area contributed by atoms with Gasteiger partial charge in [-0.15, -0.1) is 0 Å². The van der Waals surface area contributed by atoms with Gasteiger partial charge in [0.25, 0.3) is 5.91 Å². The van der Waals surface area contributed by atoms with E-state index < -0.39 is 0 Å². The van der Waals surface area contributed by atoms with Gasteiger partial charge in [-0.1, -0.05) is 36.4 Å². The minimum Gasteiger partial charge on any atom is -0.356 e. The maximum absolute atomic E-state index is 13.0. The molecule has 1 aliphatic heterocycles. The fourth-order valence-corrected chi connectivity index (χ4v) is 3.79. The summed E-state index contributed by atoms with van der Waals surface area (Å²) in [6.07, 6.45) is 5.41. The Morgan fingerprint density at radius 1 is 0.963 bits per heavy atom. The topological polar surface area (TPSA) is 45.2 Å². The van der Waals surface area contributed by atoms with Crippen LogP contribution in [0, 0.1) is 13.8 Å². The van der Waals surface area contributed by atoms with Crippen molar-refractivity contribution in [1.29, 1.82) is 0 Å². The van der Waals surface area contributed by atoms with E-state index >= 15 is 0 Å². The second kappa shape index (κ2) is 7.39. The van der Waals surface area contributed by atoms with Crippen LogP contribution in [0.4, 0.5) is 11.5 Å². The van der Waals surface area contributed by atoms with Crippen molar-refractivity contribution in [3.05, 3.63) is 65.4 Å². The summed E-state index contributed by atoms with van der Waals surface area (Å²) >= 11 is 0. The molecular weight excluding hydrogens is 334 g/mol. The van der Waals surface area contributed by atoms with Crippen LogP contribution in [0.25, 0.3) is 10.8 Å². The molecule has 1 fully saturated rings. The predicted octanol–water partition coefficient (Wildman–Crippen LogP) is 5.09. The smallest absolute Gasteiger partial charge is 0.257 e. The lowest BCUT2D eigenvalue weighted by atomic mass is 10.0. The van der Waals surface area contributed by atoms with Crippen LogP contribution < -0.4 is 10.2 Å². The first kappa shape index (κ1) is 17.5. The molecule has 0 aliphatic carbocycles. The van der Waals surface area contributed by atoms with E-state index in [0.717, 1.165) is 46.5 Å². The van der Waals surface area contributed by atoms with Crippen molar-refractivity contribution in [2.45, 2.75) is 33.1 Å². The van der Waals surface area contributed by atoms with Crippen LogP contribution in [0.15, 0.2) is 48.7 Å². The number of amides is 1. The molecule has 4 nitrogen and oxygen atoms in total. The number of hydrogen-bond acceptors (Lipinski definition) is 3. The molecule has 0 bridgehead atoms. The second-order valence-electron chi connectivity index (χ2n) is 7.29. The highest BCUT2D eigenvalue weighted by atomic mass is 16.1. The molecule has 3 aromatic rings. The van der Waals surface area contributed by atoms with E-state index in [4.69, 9.17) is 4.98 Å². The molecule has 1 amide bonds. The first-order valence-corrected chi connectivity index (χ1v) is 9.65. The molecule has 1 saturated heterocycles. The summed E-state index contributed by atoms with van der Waals surface area (Å²) in [7, 11) is 0. The highest BCUT2D eigenvalue weighted by Gasteiger charge is 2.19. The van der Waals surface area contributed by atoms with Crippen molar-refractivity contribution >= 4 is 28.2 Å². The highest BCUT2D eigenvalue weighted by molar-refractivity contribution is 6.14. The Morgan fingerprint density at radius 3 is 2.48 bits per heavy atom. The molecule has 0 radical (unpaired) electrons. The Bertz CT molecular complexity index is 990. The molecule has 0 saturated carbocycles. The quantitative estimate of drug-likeness (QED) is 0.708. The minimum atomic E-state index is -0.113. The lowest BCUT2D eigenvalue weighted by Crippen LogP contribution is -2.30. The highest BCUT2D eigenvalue weighted by Crippen LogP contribution is 2.30. The summed E-state index contributed by atoms with van der Waals surface area (Å²) in [6.45, 7) is 6.15. The van der Waals surface area contributed by atoms with E-state index in [9.17, 15) is 4.79 Å². The van der Waals surface area contributed by atoms with Crippen LogP contribution in [0.1, 0.15) is 40.7 Å². The van der Waals surface area contributed by atoms with Crippen LogP contribution >= 0.6 is 0 Å². The fourth-order valence-electron chi connectivity index (χ4n) is 3.79. The molecule has 2 aromatic carbocycles. The molecule has 2 heterocycles. The monoisotopic (exact) mass is 359 g/mol. The van der Waals surface area contributed by atoms with Gasteiger partial charge in [0.05, 0.1) is 5.56 Å². The number of fused-ring (bicyclic) bond motifs is 1. The fraction of sp³-hybridized carbons (Fsp3) is 0.304. The summed E-state index contributed by atoms with van der Waals surface area (Å²) < 4.78 is 0. The molecule has 0 unspecified atom stereocenters. The van der Waals surface area contributed by atoms with Gasteiger partial charge in [-0.25, -0.2) is 4.98 Å². The van der Waals surface area contributed by atoms with Gasteiger partial charge in [0.1, 0.15) is 5.82 Å². The zero-order chi connectivity index (χ0) is 18.8. The van der Waals surface area contributed by atoms with Gasteiger partial charge in [0.2, 0.25) is 0 Å². The Balaban J connectivity index is 1.72. The van der Waals surface area contributed by atoms with Crippen molar-refractivity contribution in [1.82, 2.24) is 4.98 Å². The van der Waals surface area contributed by atoms with Crippen molar-refractivity contribution in [2.75, 3.05) is 23.3 Å². The summed E-state index contributed by atoms with van der Waals surface area (Å²) in [6, 6.07) is 14.0. The van der Waals surface area contributed by atoms with Gasteiger partial charge < -0.3 is 10.2 Å². The number of anilines is 2. The van der Waals surface area contributed by atoms with Crippen LogP contribution in [-0.2, 0) is 0 Å². The van der Waals surface area contributed by atoms with E-state index in [2.05, 4.69) is 29.3 Å². The normalized spacial score (nSPS) is 14.4. The third-order valence-corrected chi connectivity index (χ3v) is 5.53. The molecule has 4 rings (SSSR count). The van der Waals surface area contributed by atoms with Crippen LogP contribution in [0.2, 0.25) is 0 Å². The van der Waals surface area contributed by atoms with Gasteiger partial charge in [-0.05, 0) is 55.7 Å². The number of pyridine rings is 1. The third-order valence-electron chi connectivity index (χ3n) is 5.53. The largest absolute Gasteiger partial charge is 0.356 e. The van der Waals surface area contributed by atoms with E-state index in [-0.39, 0.29) is 5.91 Å². The maximum Gasteiger partial charge on any atom is 0.257 e. The van der Waals surface area contributed by atoms with Gasteiger partial charge >= 0.3 is 0 Å². The Labute approximate surface area is 160 Å². The average molecular weight is 359 g/mol. The number of carbonyl (C=O) groups is 1. The molecule has 0 spiro atoms. The number of benzene rings is 2. The number of aryl methyl sites for hydroxylation is 1. The number of nitrogens with one attached hydrogen (secondary N) is 1. The van der Waals surface area contributed by atoms with Crippen molar-refractivity contribution in [3.8, 4) is 0 Å². The molecule has 1 aromatic heterocycles. The van der Waals surface area contributed by atoms with E-state index in [1.807, 2.05) is 37.3 Å². The summed E-state index contributed by atoms with van der Waals surface area (Å²) in [5, 5.41) is 5.07. The second-order valence-corrected chi connectivity index (χ2v) is 7.29. The van der Waals surface area contributed by atoms with Crippen LogP contribution in [-0.4, -0.2) is 24.0 Å². The molecule has 1 N–H and O–H groups in total. The minimum absolute atomic E-state index is 0.113. The van der Waals surface area contributed by atoms with Crippen LogP contribution in [0.3, 0.4) is 0 Å². The van der Waals surface area contributed by atoms with Gasteiger partial charge in [-0.3, -0.25) is 4.79 Å². The van der Waals surface area contributed by atoms with E-state index in [1.165, 1.54) is 19.3 Å². The van der Waals surface area contributed by atoms with Gasteiger partial charge in [0.15, 0.2) is 0 Å². The van der Waals surface area contributed by atoms with Gasteiger partial charge in [0, 0.05) is 30.4 Å². The molecule has 0 atom stereocenters. The number of piperidine rings is 1. The molecular formula is C23H25N3O. The average Bonchev–Trinajstić information content (AvgIpc) is 2.71. The Kier molecular flexibility index (Phi) is 4.80. The first-order valence-electron chi connectivity index (χ1n) is 9.65. The Morgan fingerprint density at radius 2 is 1.70 bits per heavy atom. The van der Waals surface area contributed by atoms with Crippen molar-refractivity contribution in [3.63, 3.8) is 0 Å². The SMILES string of the molecule is Cc1cccc(NC(=O)c2cnc(N3CCCCC3)c3ccccc23)c1C. The van der Waals surface area contributed by atoms with E-state index in [1.54, 1.807) is 6.20 Å². The van der Waals surface area contributed by atoms with Gasteiger partial charge in [-0.2, -0.15) is 0 Å². The number of rotatable bonds is 3. The Hall–Kier alpha value is -2.88. The summed E-state index contributed by atoms with van der Waals surface area (Å²) in [5.74, 6) is 0.881. The third kappa shape index (κ3) is 3.39. The lowest BCUT2D eigenvalue weighted by Gasteiger charge is -2.29. The molecule has 1 aliphatic rings. The first-order chi connectivity index (χ1) is 13.1. The van der Waals surface area contributed by atoms with Crippen molar-refractivity contribution in [2.24, 2.45) is 0 Å². The zero-order valence-corrected chi connectivity index (χ0v) is 16.0. The zero-order valence-electron chi connectivity index (χ0n) is 16.0. The standard InChI is InChI=1S/C23H25N3O/c1-16-9-8-12-21(17(16)2)25-23(27)20-15-24-22(26-13-6-3-7-14-26)19-11-5-4-10-18(19)20/h4-5,8-12,15H,3,6-7,13-14H2,1-2H3,(H,25,27). The number of carbonyl (C=O) groups excluding carboxylic acids is 1. The molecule has 4 heteroatoms. The predicted molar refractivity (Wildman–Crippen MR) is 112 cm³/mol. The summed E-state index contributed by atoms with van der Waals surface area (Å²) in [5.41, 5.74) is 3.72. The maximum atomic E-state index is 13.0. The number of hydrogen-bond donors (Lipinski definition) is 1. The number of nitrogens with zero attached hydrogens (tertiary/aromatic N) is 2. The lowest BCUT2D eigenvalue weighted by molar-refractivity contribution is 0.102. The van der Waals surface area contributed by atoms with Crippen molar-refractivity contribution < 1.29 is 4.79 Å².